The maximum Gasteiger partial charge on any atom is 0.336 e. The molecule has 0 aromatic heterocycles. The van der Waals surface area contributed by atoms with E-state index in [1.54, 1.807) is 6.07 Å². The molecule has 2 N–H and O–H groups in total. The Kier molecular flexibility index (Phi) is 3.78. The van der Waals surface area contributed by atoms with E-state index in [1.807, 2.05) is 6.07 Å². The summed E-state index contributed by atoms with van der Waals surface area (Å²) in [7, 11) is 0. The van der Waals surface area contributed by atoms with E-state index in [4.69, 9.17) is 0 Å². The SMILES string of the molecule is Cl.O=C(O)c1cccc2c1CCC1CNCCN21. The topological polar surface area (TPSA) is 52.6 Å². The Bertz CT molecular complexity index is 464. The number of halogens is 1. The predicted molar refractivity (Wildman–Crippen MR) is 73.0 cm³/mol. The molecule has 4 nitrogen and oxygen atoms in total. The fraction of sp³-hybridized carbons (Fsp3) is 0.462. The molecule has 1 aromatic carbocycles. The number of carboxylic acid groups (broad SMARTS) is 1. The standard InChI is InChI=1S/C13H16N2O2.ClH/c16-13(17)11-2-1-3-12-10(11)5-4-9-8-14-6-7-15(9)12;/h1-3,9,14H,4-8H2,(H,16,17);1H. The van der Waals surface area contributed by atoms with Crippen molar-refractivity contribution in [1.29, 1.82) is 0 Å². The second-order valence-corrected chi connectivity index (χ2v) is 4.70. The number of nitrogens with zero attached hydrogens (tertiary/aromatic N) is 1. The number of hydrogen-bond acceptors (Lipinski definition) is 3. The van der Waals surface area contributed by atoms with Gasteiger partial charge in [-0.25, -0.2) is 4.79 Å². The summed E-state index contributed by atoms with van der Waals surface area (Å²) in [4.78, 5) is 13.6. The highest BCUT2D eigenvalue weighted by atomic mass is 35.5. The summed E-state index contributed by atoms with van der Waals surface area (Å²) < 4.78 is 0. The highest BCUT2D eigenvalue weighted by Crippen LogP contribution is 2.33. The molecule has 3 rings (SSSR count). The number of anilines is 1. The highest BCUT2D eigenvalue weighted by Gasteiger charge is 2.30. The van der Waals surface area contributed by atoms with E-state index >= 15 is 0 Å². The Morgan fingerprint density at radius 2 is 2.28 bits per heavy atom. The van der Waals surface area contributed by atoms with Crippen LogP contribution in [0.3, 0.4) is 0 Å². The number of benzene rings is 1. The van der Waals surface area contributed by atoms with Crippen LogP contribution in [0.25, 0.3) is 0 Å². The van der Waals surface area contributed by atoms with Gasteiger partial charge in [0.05, 0.1) is 5.56 Å². The molecule has 1 fully saturated rings. The minimum Gasteiger partial charge on any atom is -0.478 e. The summed E-state index contributed by atoms with van der Waals surface area (Å²) in [6.45, 7) is 2.96. The highest BCUT2D eigenvalue weighted by molar-refractivity contribution is 5.91. The summed E-state index contributed by atoms with van der Waals surface area (Å²) in [6, 6.07) is 6.15. The maximum atomic E-state index is 11.2. The van der Waals surface area contributed by atoms with Crippen LogP contribution in [0.1, 0.15) is 22.3 Å². The zero-order valence-electron chi connectivity index (χ0n) is 10.1. The molecule has 2 aliphatic heterocycles. The van der Waals surface area contributed by atoms with E-state index in [1.165, 1.54) is 0 Å². The van der Waals surface area contributed by atoms with Crippen molar-refractivity contribution >= 4 is 24.1 Å². The van der Waals surface area contributed by atoms with E-state index in [2.05, 4.69) is 16.3 Å². The van der Waals surface area contributed by atoms with Crippen LogP contribution in [0, 0.1) is 0 Å². The van der Waals surface area contributed by atoms with Crippen LogP contribution in [-0.2, 0) is 6.42 Å². The van der Waals surface area contributed by atoms with Crippen molar-refractivity contribution in [3.05, 3.63) is 29.3 Å². The van der Waals surface area contributed by atoms with E-state index in [0.29, 0.717) is 11.6 Å². The van der Waals surface area contributed by atoms with E-state index in [-0.39, 0.29) is 12.4 Å². The summed E-state index contributed by atoms with van der Waals surface area (Å²) in [5.41, 5.74) is 2.61. The Balaban J connectivity index is 0.00000120. The second kappa shape index (κ2) is 5.16. The molecule has 2 heterocycles. The number of hydrogen-bond donors (Lipinski definition) is 2. The van der Waals surface area contributed by atoms with Crippen molar-refractivity contribution in [2.75, 3.05) is 24.5 Å². The quantitative estimate of drug-likeness (QED) is 0.811. The van der Waals surface area contributed by atoms with Gasteiger partial charge < -0.3 is 15.3 Å². The van der Waals surface area contributed by atoms with Crippen molar-refractivity contribution in [1.82, 2.24) is 5.32 Å². The van der Waals surface area contributed by atoms with Gasteiger partial charge in [-0.05, 0) is 30.5 Å². The molecule has 0 aliphatic carbocycles. The van der Waals surface area contributed by atoms with E-state index in [0.717, 1.165) is 43.7 Å². The number of nitrogens with one attached hydrogen (secondary N) is 1. The summed E-state index contributed by atoms with van der Waals surface area (Å²) in [6.07, 6.45) is 1.92. The van der Waals surface area contributed by atoms with Crippen molar-refractivity contribution in [3.8, 4) is 0 Å². The first-order valence-corrected chi connectivity index (χ1v) is 6.10. The van der Waals surface area contributed by atoms with Crippen molar-refractivity contribution in [2.24, 2.45) is 0 Å². The Morgan fingerprint density at radius 3 is 3.06 bits per heavy atom. The summed E-state index contributed by atoms with van der Waals surface area (Å²) in [5.74, 6) is -0.810. The lowest BCUT2D eigenvalue weighted by Crippen LogP contribution is -2.53. The van der Waals surface area contributed by atoms with Gasteiger partial charge in [0, 0.05) is 31.4 Å². The number of aromatic carboxylic acids is 1. The smallest absolute Gasteiger partial charge is 0.336 e. The molecule has 0 bridgehead atoms. The van der Waals surface area contributed by atoms with Crippen LogP contribution in [0.15, 0.2) is 18.2 Å². The normalized spacial score (nSPS) is 21.6. The predicted octanol–water partition coefficient (Wildman–Crippen LogP) is 1.53. The van der Waals surface area contributed by atoms with Crippen LogP contribution in [0.4, 0.5) is 5.69 Å². The molecule has 98 valence electrons. The Labute approximate surface area is 112 Å². The molecule has 0 spiro atoms. The van der Waals surface area contributed by atoms with Gasteiger partial charge in [0.2, 0.25) is 0 Å². The van der Waals surface area contributed by atoms with Gasteiger partial charge in [-0.1, -0.05) is 6.07 Å². The molecule has 1 unspecified atom stereocenters. The number of rotatable bonds is 1. The Morgan fingerprint density at radius 1 is 1.44 bits per heavy atom. The number of carboxylic acids is 1. The molecule has 0 radical (unpaired) electrons. The monoisotopic (exact) mass is 268 g/mol. The first-order valence-electron chi connectivity index (χ1n) is 6.10. The lowest BCUT2D eigenvalue weighted by atomic mass is 9.91. The van der Waals surface area contributed by atoms with Gasteiger partial charge in [-0.2, -0.15) is 0 Å². The van der Waals surface area contributed by atoms with Gasteiger partial charge in [0.15, 0.2) is 0 Å². The first kappa shape index (κ1) is 13.2. The lowest BCUT2D eigenvalue weighted by molar-refractivity contribution is 0.0695. The largest absolute Gasteiger partial charge is 0.478 e. The molecule has 0 saturated carbocycles. The molecule has 2 aliphatic rings. The summed E-state index contributed by atoms with van der Waals surface area (Å²) >= 11 is 0. The van der Waals surface area contributed by atoms with Crippen molar-refractivity contribution in [2.45, 2.75) is 18.9 Å². The molecule has 0 amide bonds. The number of carbonyl (C=O) groups is 1. The molecular formula is C13H17ClN2O2. The van der Waals surface area contributed by atoms with Crippen molar-refractivity contribution < 1.29 is 9.90 Å². The summed E-state index contributed by atoms with van der Waals surface area (Å²) in [5, 5.41) is 12.6. The van der Waals surface area contributed by atoms with Gasteiger partial charge >= 0.3 is 5.97 Å². The van der Waals surface area contributed by atoms with Gasteiger partial charge in [0.25, 0.3) is 0 Å². The zero-order valence-corrected chi connectivity index (χ0v) is 10.9. The molecule has 1 aromatic rings. The van der Waals surface area contributed by atoms with Gasteiger partial charge in [0.1, 0.15) is 0 Å². The third-order valence-corrected chi connectivity index (χ3v) is 3.77. The molecule has 1 saturated heterocycles. The third kappa shape index (κ3) is 2.06. The molecule has 5 heteroatoms. The Hall–Kier alpha value is -1.26. The van der Waals surface area contributed by atoms with Crippen LogP contribution < -0.4 is 10.2 Å². The minimum absolute atomic E-state index is 0. The minimum atomic E-state index is -0.810. The first-order chi connectivity index (χ1) is 8.27. The fourth-order valence-electron chi connectivity index (χ4n) is 2.95. The van der Waals surface area contributed by atoms with Crippen LogP contribution in [0.5, 0.6) is 0 Å². The van der Waals surface area contributed by atoms with E-state index < -0.39 is 5.97 Å². The fourth-order valence-corrected chi connectivity index (χ4v) is 2.95. The van der Waals surface area contributed by atoms with E-state index in [9.17, 15) is 9.90 Å². The van der Waals surface area contributed by atoms with Gasteiger partial charge in [-0.15, -0.1) is 12.4 Å². The van der Waals surface area contributed by atoms with Crippen LogP contribution in [0.2, 0.25) is 0 Å². The molecule has 18 heavy (non-hydrogen) atoms. The zero-order chi connectivity index (χ0) is 11.8. The van der Waals surface area contributed by atoms with Gasteiger partial charge in [-0.3, -0.25) is 0 Å². The molecular weight excluding hydrogens is 252 g/mol. The van der Waals surface area contributed by atoms with Crippen LogP contribution >= 0.6 is 12.4 Å². The number of fused-ring (bicyclic) bond motifs is 3. The maximum absolute atomic E-state index is 11.2. The lowest BCUT2D eigenvalue weighted by Gasteiger charge is -2.42. The van der Waals surface area contributed by atoms with Crippen LogP contribution in [-0.4, -0.2) is 36.8 Å². The molecule has 1 atom stereocenters. The second-order valence-electron chi connectivity index (χ2n) is 4.70. The average Bonchev–Trinajstić information content (AvgIpc) is 2.37. The number of piperazine rings is 1. The average molecular weight is 269 g/mol. The van der Waals surface area contributed by atoms with Crippen molar-refractivity contribution in [3.63, 3.8) is 0 Å². The third-order valence-electron chi connectivity index (χ3n) is 3.77.